The summed E-state index contributed by atoms with van der Waals surface area (Å²) in [5, 5.41) is 2.66. The molecule has 1 N–H and O–H groups in total. The molecule has 0 heterocycles. The molecule has 2 fully saturated rings. The van der Waals surface area contributed by atoms with Gasteiger partial charge in [-0.2, -0.15) is 0 Å². The van der Waals surface area contributed by atoms with Crippen molar-refractivity contribution in [3.8, 4) is 0 Å². The average Bonchev–Trinajstić information content (AvgIpc) is 3.00. The summed E-state index contributed by atoms with van der Waals surface area (Å²) in [4.78, 5) is 23.9. The van der Waals surface area contributed by atoms with E-state index in [0.717, 1.165) is 17.4 Å². The zero-order chi connectivity index (χ0) is 16.2. The van der Waals surface area contributed by atoms with E-state index in [4.69, 9.17) is 9.47 Å². The molecule has 0 saturated heterocycles. The number of hydrogen-bond acceptors (Lipinski definition) is 4. The van der Waals surface area contributed by atoms with Gasteiger partial charge in [-0.05, 0) is 42.6 Å². The van der Waals surface area contributed by atoms with Crippen molar-refractivity contribution in [2.24, 2.45) is 17.8 Å². The Bertz CT molecular complexity index is 549. The van der Waals surface area contributed by atoms with Gasteiger partial charge in [0.2, 0.25) is 0 Å². The maximum Gasteiger partial charge on any atom is 0.408 e. The van der Waals surface area contributed by atoms with E-state index in [1.807, 2.05) is 30.3 Å². The Morgan fingerprint density at radius 1 is 1.22 bits per heavy atom. The highest BCUT2D eigenvalue weighted by atomic mass is 16.6. The fourth-order valence-electron chi connectivity index (χ4n) is 3.86. The highest BCUT2D eigenvalue weighted by Crippen LogP contribution is 2.59. The van der Waals surface area contributed by atoms with Gasteiger partial charge < -0.3 is 14.8 Å². The molecule has 0 spiro atoms. The van der Waals surface area contributed by atoms with Crippen molar-refractivity contribution in [3.05, 3.63) is 35.9 Å². The fourth-order valence-corrected chi connectivity index (χ4v) is 3.86. The third kappa shape index (κ3) is 3.84. The van der Waals surface area contributed by atoms with Crippen molar-refractivity contribution in [3.63, 3.8) is 0 Å². The lowest BCUT2D eigenvalue weighted by Crippen LogP contribution is -2.42. The summed E-state index contributed by atoms with van der Waals surface area (Å²) in [6.45, 7) is 0.190. The molecule has 2 aliphatic carbocycles. The first-order valence-electron chi connectivity index (χ1n) is 8.24. The summed E-state index contributed by atoms with van der Waals surface area (Å²) in [5.41, 5.74) is 0.911. The molecular formula is C18H23NO4. The molecule has 0 aliphatic heterocycles. The summed E-state index contributed by atoms with van der Waals surface area (Å²) < 4.78 is 10.0. The van der Waals surface area contributed by atoms with Gasteiger partial charge in [-0.1, -0.05) is 36.8 Å². The van der Waals surface area contributed by atoms with Gasteiger partial charge in [0.25, 0.3) is 0 Å². The predicted molar refractivity (Wildman–Crippen MR) is 84.5 cm³/mol. The molecule has 2 aliphatic rings. The predicted octanol–water partition coefficient (Wildman–Crippen LogP) is 2.89. The van der Waals surface area contributed by atoms with Crippen LogP contribution in [0.1, 0.15) is 31.2 Å². The molecule has 2 saturated carbocycles. The van der Waals surface area contributed by atoms with Crippen LogP contribution in [0.2, 0.25) is 0 Å². The Balaban J connectivity index is 1.49. The van der Waals surface area contributed by atoms with Crippen LogP contribution in [0.4, 0.5) is 4.79 Å². The number of esters is 1. The molecular weight excluding hydrogens is 294 g/mol. The zero-order valence-corrected chi connectivity index (χ0v) is 13.4. The van der Waals surface area contributed by atoms with Gasteiger partial charge in [-0.25, -0.2) is 9.59 Å². The van der Waals surface area contributed by atoms with E-state index in [1.54, 1.807) is 0 Å². The smallest absolute Gasteiger partial charge is 0.408 e. The van der Waals surface area contributed by atoms with Crippen molar-refractivity contribution in [1.82, 2.24) is 5.32 Å². The van der Waals surface area contributed by atoms with E-state index < -0.39 is 18.1 Å². The Morgan fingerprint density at radius 2 is 1.91 bits per heavy atom. The van der Waals surface area contributed by atoms with Crippen molar-refractivity contribution in [2.75, 3.05) is 7.11 Å². The lowest BCUT2D eigenvalue weighted by atomic mass is 10.0. The first-order chi connectivity index (χ1) is 11.2. The lowest BCUT2D eigenvalue weighted by Gasteiger charge is -2.17. The van der Waals surface area contributed by atoms with E-state index in [-0.39, 0.29) is 6.61 Å². The molecule has 0 radical (unpaired) electrons. The maximum absolute atomic E-state index is 12.0. The Kier molecular flexibility index (Phi) is 4.84. The van der Waals surface area contributed by atoms with Crippen LogP contribution in [0.5, 0.6) is 0 Å². The van der Waals surface area contributed by atoms with Crippen LogP contribution >= 0.6 is 0 Å². The molecule has 0 bridgehead atoms. The minimum absolute atomic E-state index is 0.190. The summed E-state index contributed by atoms with van der Waals surface area (Å²) in [6, 6.07) is 8.84. The van der Waals surface area contributed by atoms with Crippen LogP contribution < -0.4 is 5.32 Å². The third-order valence-electron chi connectivity index (χ3n) is 5.08. The standard InChI is InChI=1S/C18H23NO4/c1-22-17(20)16(10-15-13-8-5-9-14(13)15)19-18(21)23-11-12-6-3-2-4-7-12/h2-4,6-7,13-16H,5,8-11H2,1H3,(H,19,21)/t13-,14+,15?,16?. The van der Waals surface area contributed by atoms with E-state index >= 15 is 0 Å². The normalized spacial score (nSPS) is 26.0. The minimum Gasteiger partial charge on any atom is -0.467 e. The second kappa shape index (κ2) is 7.02. The Morgan fingerprint density at radius 3 is 2.57 bits per heavy atom. The number of amides is 1. The molecule has 23 heavy (non-hydrogen) atoms. The average molecular weight is 317 g/mol. The first-order valence-corrected chi connectivity index (χ1v) is 8.24. The number of ether oxygens (including phenoxy) is 2. The fraction of sp³-hybridized carbons (Fsp3) is 0.556. The van der Waals surface area contributed by atoms with Crippen LogP contribution in [0.25, 0.3) is 0 Å². The number of carbonyl (C=O) groups is 2. The molecule has 5 heteroatoms. The SMILES string of the molecule is COC(=O)C(CC1[C@H]2CCC[C@@H]12)NC(=O)OCc1ccccc1. The molecule has 3 rings (SSSR count). The Labute approximate surface area is 136 Å². The van der Waals surface area contributed by atoms with Gasteiger partial charge in [0.1, 0.15) is 12.6 Å². The summed E-state index contributed by atoms with van der Waals surface area (Å²) in [5.74, 6) is 1.63. The van der Waals surface area contributed by atoms with Crippen molar-refractivity contribution >= 4 is 12.1 Å². The number of benzene rings is 1. The molecule has 1 aromatic rings. The van der Waals surface area contributed by atoms with E-state index in [1.165, 1.54) is 26.4 Å². The Hall–Kier alpha value is -2.04. The van der Waals surface area contributed by atoms with Gasteiger partial charge in [-0.3, -0.25) is 0 Å². The highest BCUT2D eigenvalue weighted by molar-refractivity contribution is 5.81. The number of methoxy groups -OCH3 is 1. The van der Waals surface area contributed by atoms with E-state index in [2.05, 4.69) is 5.32 Å². The topological polar surface area (TPSA) is 64.6 Å². The van der Waals surface area contributed by atoms with Gasteiger partial charge in [0.05, 0.1) is 7.11 Å². The number of fused-ring (bicyclic) bond motifs is 1. The first kappa shape index (κ1) is 15.8. The largest absolute Gasteiger partial charge is 0.467 e. The zero-order valence-electron chi connectivity index (χ0n) is 13.4. The minimum atomic E-state index is -0.612. The molecule has 1 amide bonds. The molecule has 0 aromatic heterocycles. The van der Waals surface area contributed by atoms with Gasteiger partial charge >= 0.3 is 12.1 Å². The molecule has 124 valence electrons. The molecule has 4 atom stereocenters. The van der Waals surface area contributed by atoms with Crippen molar-refractivity contribution in [2.45, 2.75) is 38.3 Å². The summed E-state index contributed by atoms with van der Waals surface area (Å²) >= 11 is 0. The number of carbonyl (C=O) groups excluding carboxylic acids is 2. The van der Waals surface area contributed by atoms with Crippen molar-refractivity contribution in [1.29, 1.82) is 0 Å². The van der Waals surface area contributed by atoms with Crippen LogP contribution in [-0.4, -0.2) is 25.2 Å². The summed E-state index contributed by atoms with van der Waals surface area (Å²) in [7, 11) is 1.35. The monoisotopic (exact) mass is 317 g/mol. The number of alkyl carbamates (subject to hydrolysis) is 1. The quantitative estimate of drug-likeness (QED) is 0.819. The lowest BCUT2D eigenvalue weighted by molar-refractivity contribution is -0.143. The number of hydrogen-bond donors (Lipinski definition) is 1. The van der Waals surface area contributed by atoms with Crippen LogP contribution in [0.3, 0.4) is 0 Å². The number of nitrogens with one attached hydrogen (secondary N) is 1. The van der Waals surface area contributed by atoms with Crippen LogP contribution in [-0.2, 0) is 20.9 Å². The second-order valence-electron chi connectivity index (χ2n) is 6.44. The molecule has 1 aromatic carbocycles. The van der Waals surface area contributed by atoms with Gasteiger partial charge in [0, 0.05) is 0 Å². The third-order valence-corrected chi connectivity index (χ3v) is 5.08. The van der Waals surface area contributed by atoms with E-state index in [9.17, 15) is 9.59 Å². The van der Waals surface area contributed by atoms with Crippen LogP contribution in [0, 0.1) is 17.8 Å². The molecule has 2 unspecified atom stereocenters. The maximum atomic E-state index is 12.0. The van der Waals surface area contributed by atoms with Crippen molar-refractivity contribution < 1.29 is 19.1 Å². The second-order valence-corrected chi connectivity index (χ2v) is 6.44. The van der Waals surface area contributed by atoms with E-state index in [0.29, 0.717) is 12.3 Å². The van der Waals surface area contributed by atoms with Gasteiger partial charge in [0.15, 0.2) is 0 Å². The summed E-state index contributed by atoms with van der Waals surface area (Å²) in [6.07, 6.45) is 3.88. The molecule has 5 nitrogen and oxygen atoms in total. The highest BCUT2D eigenvalue weighted by Gasteiger charge is 2.53. The van der Waals surface area contributed by atoms with Crippen LogP contribution in [0.15, 0.2) is 30.3 Å². The van der Waals surface area contributed by atoms with Gasteiger partial charge in [-0.15, -0.1) is 0 Å². The number of rotatable bonds is 6.